The van der Waals surface area contributed by atoms with E-state index in [1.54, 1.807) is 45.9 Å². The summed E-state index contributed by atoms with van der Waals surface area (Å²) in [5.41, 5.74) is 5.62. The lowest BCUT2D eigenvalue weighted by atomic mass is 9.68. The topological polar surface area (TPSA) is 191 Å². The predicted octanol–water partition coefficient (Wildman–Crippen LogP) is 5.91. The summed E-state index contributed by atoms with van der Waals surface area (Å²) in [4.78, 5) is 22.6. The summed E-state index contributed by atoms with van der Waals surface area (Å²) in [5.74, 6) is -3.36. The van der Waals surface area contributed by atoms with E-state index in [1.165, 1.54) is 19.2 Å². The maximum absolute atomic E-state index is 14.6. The molecule has 1 aromatic heterocycles. The van der Waals surface area contributed by atoms with E-state index in [2.05, 4.69) is 27.9 Å². The molecule has 5 heterocycles. The van der Waals surface area contributed by atoms with Crippen LogP contribution in [0.5, 0.6) is 0 Å². The normalized spacial score (nSPS) is 39.0. The Hall–Kier alpha value is -3.40. The molecule has 2 aromatic rings. The van der Waals surface area contributed by atoms with Crippen LogP contribution in [0, 0.1) is 29.6 Å². The Balaban J connectivity index is 1.21. The van der Waals surface area contributed by atoms with Gasteiger partial charge in [-0.1, -0.05) is 52.0 Å². The summed E-state index contributed by atoms with van der Waals surface area (Å²) in [5, 5.41) is 49.6. The molecule has 3 saturated heterocycles. The molecule has 0 bridgehead atoms. The number of likely N-dealkylation sites (N-methyl/N-ethyl adjacent to an activating group) is 1. The Kier molecular flexibility index (Phi) is 19.9. The number of cyclic esters (lactones) is 1. The van der Waals surface area contributed by atoms with Crippen LogP contribution < -0.4 is 11.0 Å². The van der Waals surface area contributed by atoms with Gasteiger partial charge in [0.1, 0.15) is 30.6 Å². The number of pyridine rings is 1. The Morgan fingerprint density at radius 2 is 1.66 bits per heavy atom. The smallest absolute Gasteiger partial charge is 0.309 e. The van der Waals surface area contributed by atoms with Gasteiger partial charge in [0.05, 0.1) is 47.6 Å². The van der Waals surface area contributed by atoms with Gasteiger partial charge in [-0.3, -0.25) is 9.80 Å². The molecule has 0 amide bonds. The SMILES string of the molecule is CC[C@H]1OC(=O)[C@H](C)C(C2C[C@@](C)(OC)[C@@H](O)[C@H](C)O2)[C@H](C)[C@@H](O[C@H]2C[C@@H](N(C)CCC3=CN([C@H](CF)Cc4ccc(-c5ccc(F)nc5)cc4)NN3)C[C@@H](C)O2)[C@](C)(O)C[C@@H](C)CN(C)[C@H](C)[C@@H](O)[C@]1(C)O. The molecule has 18 heteroatoms. The molecule has 412 valence electrons. The van der Waals surface area contributed by atoms with Gasteiger partial charge in [-0.25, -0.2) is 9.37 Å². The van der Waals surface area contributed by atoms with E-state index in [4.69, 9.17) is 23.7 Å². The summed E-state index contributed by atoms with van der Waals surface area (Å²) in [7, 11) is 5.49. The lowest BCUT2D eigenvalue weighted by molar-refractivity contribution is -0.275. The molecular weight excluding hydrogens is 943 g/mol. The first-order chi connectivity index (χ1) is 34.3. The van der Waals surface area contributed by atoms with Gasteiger partial charge < -0.3 is 59.3 Å². The molecule has 3 fully saturated rings. The number of aromatic nitrogens is 1. The Labute approximate surface area is 433 Å². The van der Waals surface area contributed by atoms with Gasteiger partial charge in [0.25, 0.3) is 0 Å². The first-order valence-corrected chi connectivity index (χ1v) is 26.5. The van der Waals surface area contributed by atoms with Gasteiger partial charge in [-0.2, -0.15) is 4.39 Å². The molecular formula is C55H88F2N6O10. The molecule has 6 rings (SSSR count). The van der Waals surface area contributed by atoms with E-state index in [0.717, 1.165) is 28.8 Å². The van der Waals surface area contributed by atoms with Crippen molar-refractivity contribution in [2.24, 2.45) is 23.7 Å². The molecule has 4 aliphatic rings. The standard InChI is InChI=1S/C55H88F2N6O10/c1-14-45-55(10,68)49(64)36(6)62(12)30-32(2)26-53(8,67)51(34(4)48(35(5)52(66)72-45)44-27-54(9,69-13)50(65)37(7)71-44)73-47-25-42(23-33(3)70-47)61(11)22-21-41-31-63(60-59-41)43(28-56)24-38-15-17-39(18-16-38)40-19-20-46(57)58-29-40/h15-20,29,31-37,42-45,47-51,59-60,64-65,67-68H,14,21-28,30H2,1-13H3/t32-,33-,34+,35-,36-,37+,42+,43+,44?,45-,47+,48?,49-,50+,51-,53-,54-,55-/m1/s1. The maximum Gasteiger partial charge on any atom is 0.309 e. The molecule has 16 nitrogen and oxygen atoms in total. The van der Waals surface area contributed by atoms with E-state index in [0.29, 0.717) is 32.4 Å². The van der Waals surface area contributed by atoms with Crippen LogP contribution in [-0.4, -0.2) is 171 Å². The minimum atomic E-state index is -1.80. The van der Waals surface area contributed by atoms with Gasteiger partial charge in [0.15, 0.2) is 6.29 Å². The van der Waals surface area contributed by atoms with Crippen molar-refractivity contribution in [1.29, 1.82) is 0 Å². The van der Waals surface area contributed by atoms with Gasteiger partial charge in [0.2, 0.25) is 5.95 Å². The number of nitrogens with one attached hydrogen (secondary N) is 2. The fourth-order valence-corrected chi connectivity index (χ4v) is 12.2. The zero-order chi connectivity index (χ0) is 53.7. The first-order valence-electron chi connectivity index (χ1n) is 26.5. The summed E-state index contributed by atoms with van der Waals surface area (Å²) in [6.07, 6.45) is 0.0434. The molecule has 2 unspecified atom stereocenters. The second-order valence-corrected chi connectivity index (χ2v) is 22.8. The van der Waals surface area contributed by atoms with Crippen molar-refractivity contribution in [3.63, 3.8) is 0 Å². The van der Waals surface area contributed by atoms with Crippen LogP contribution in [0.2, 0.25) is 0 Å². The highest BCUT2D eigenvalue weighted by atomic mass is 19.1. The lowest BCUT2D eigenvalue weighted by Gasteiger charge is -2.51. The predicted molar refractivity (Wildman–Crippen MR) is 274 cm³/mol. The summed E-state index contributed by atoms with van der Waals surface area (Å²) in [6.45, 7) is 18.9. The minimum Gasteiger partial charge on any atom is -0.459 e. The number of aliphatic hydroxyl groups is 4. The van der Waals surface area contributed by atoms with E-state index in [-0.39, 0.29) is 37.3 Å². The number of methoxy groups -OCH3 is 1. The third kappa shape index (κ3) is 14.0. The van der Waals surface area contributed by atoms with E-state index in [1.807, 2.05) is 77.0 Å². The quantitative estimate of drug-likeness (QED) is 0.0967. The zero-order valence-corrected chi connectivity index (χ0v) is 45.6. The fraction of sp³-hybridized carbons (Fsp3) is 0.745. The number of hydrogen-bond donors (Lipinski definition) is 6. The number of alkyl halides is 1. The summed E-state index contributed by atoms with van der Waals surface area (Å²) >= 11 is 0. The van der Waals surface area contributed by atoms with Gasteiger partial charge in [-0.05, 0) is 116 Å². The number of benzene rings is 1. The molecule has 4 aliphatic heterocycles. The third-order valence-electron chi connectivity index (χ3n) is 16.8. The number of hydrogen-bond acceptors (Lipinski definition) is 16. The molecule has 73 heavy (non-hydrogen) atoms. The van der Waals surface area contributed by atoms with E-state index < -0.39 is 108 Å². The van der Waals surface area contributed by atoms with Crippen molar-refractivity contribution in [1.82, 2.24) is 30.8 Å². The number of aliphatic hydroxyl groups excluding tert-OH is 2. The zero-order valence-electron chi connectivity index (χ0n) is 45.6. The van der Waals surface area contributed by atoms with Crippen LogP contribution >= 0.6 is 0 Å². The number of esters is 1. The molecule has 6 N–H and O–H groups in total. The first kappa shape index (κ1) is 58.9. The van der Waals surface area contributed by atoms with Gasteiger partial charge in [0, 0.05) is 81.1 Å². The van der Waals surface area contributed by atoms with Crippen molar-refractivity contribution in [3.05, 3.63) is 66.0 Å². The van der Waals surface area contributed by atoms with E-state index in [9.17, 15) is 34.0 Å². The third-order valence-corrected chi connectivity index (χ3v) is 16.8. The highest BCUT2D eigenvalue weighted by molar-refractivity contribution is 5.73. The second-order valence-electron chi connectivity index (χ2n) is 22.8. The summed E-state index contributed by atoms with van der Waals surface area (Å²) in [6, 6.07) is 9.80. The largest absolute Gasteiger partial charge is 0.459 e. The highest BCUT2D eigenvalue weighted by Gasteiger charge is 2.54. The van der Waals surface area contributed by atoms with Gasteiger partial charge in [-0.15, -0.1) is 5.53 Å². The number of carbonyl (C=O) groups is 1. The van der Waals surface area contributed by atoms with Crippen LogP contribution in [0.4, 0.5) is 8.78 Å². The molecule has 1 aromatic carbocycles. The molecule has 0 saturated carbocycles. The molecule has 0 radical (unpaired) electrons. The monoisotopic (exact) mass is 1030 g/mol. The highest BCUT2D eigenvalue weighted by Crippen LogP contribution is 2.45. The Morgan fingerprint density at radius 3 is 2.29 bits per heavy atom. The molecule has 0 aliphatic carbocycles. The number of ether oxygens (including phenoxy) is 5. The van der Waals surface area contributed by atoms with Crippen molar-refractivity contribution < 1.29 is 57.7 Å². The number of hydrazine groups is 2. The van der Waals surface area contributed by atoms with Crippen LogP contribution in [0.15, 0.2) is 54.5 Å². The van der Waals surface area contributed by atoms with Crippen LogP contribution in [0.1, 0.15) is 113 Å². The second kappa shape index (κ2) is 24.7. The lowest BCUT2D eigenvalue weighted by Crippen LogP contribution is -2.61. The Bertz CT molecular complexity index is 2110. The number of carbonyl (C=O) groups excluding carboxylic acids is 1. The molecule has 0 spiro atoms. The van der Waals surface area contributed by atoms with E-state index >= 15 is 0 Å². The van der Waals surface area contributed by atoms with Crippen molar-refractivity contribution in [2.45, 2.75) is 198 Å². The van der Waals surface area contributed by atoms with Crippen molar-refractivity contribution >= 4 is 5.97 Å². The van der Waals surface area contributed by atoms with Crippen molar-refractivity contribution in [3.8, 4) is 11.1 Å². The summed E-state index contributed by atoms with van der Waals surface area (Å²) < 4.78 is 60.5. The minimum absolute atomic E-state index is 0.0324. The number of nitrogens with zero attached hydrogens (tertiary/aromatic N) is 4. The number of rotatable bonds is 14. The van der Waals surface area contributed by atoms with Crippen LogP contribution in [0.25, 0.3) is 11.1 Å². The Morgan fingerprint density at radius 1 is 0.973 bits per heavy atom. The fourth-order valence-electron chi connectivity index (χ4n) is 12.2. The average molecular weight is 1030 g/mol. The van der Waals surface area contributed by atoms with Crippen LogP contribution in [0.3, 0.4) is 0 Å². The maximum atomic E-state index is 14.6. The number of halogens is 2. The van der Waals surface area contributed by atoms with Crippen LogP contribution in [-0.2, 0) is 34.9 Å². The average Bonchev–Trinajstić information content (AvgIpc) is 3.82. The van der Waals surface area contributed by atoms with Gasteiger partial charge >= 0.3 is 5.97 Å². The molecule has 18 atom stereocenters. The van der Waals surface area contributed by atoms with Crippen molar-refractivity contribution in [2.75, 3.05) is 41.0 Å².